The molecular weight excluding hydrogens is 276 g/mol. The number of carbonyl (C=O) groups excluding carboxylic acids is 1. The molecule has 0 N–H and O–H groups in total. The Hall–Kier alpha value is -1.73. The Labute approximate surface area is 121 Å². The Bertz CT molecular complexity index is 608. The summed E-state index contributed by atoms with van der Waals surface area (Å²) in [5.74, 6) is 0.0920. The lowest BCUT2D eigenvalue weighted by atomic mass is 9.97. The highest BCUT2D eigenvalue weighted by Crippen LogP contribution is 2.28. The van der Waals surface area contributed by atoms with Crippen LogP contribution in [0.3, 0.4) is 0 Å². The second kappa shape index (κ2) is 5.34. The molecule has 0 radical (unpaired) electrons. The third-order valence-corrected chi connectivity index (χ3v) is 4.02. The number of ether oxygens (including phenoxy) is 1. The van der Waals surface area contributed by atoms with Crippen LogP contribution >= 0.6 is 11.3 Å². The van der Waals surface area contributed by atoms with Gasteiger partial charge in [-0.3, -0.25) is 9.48 Å². The number of thiazole rings is 1. The van der Waals surface area contributed by atoms with Gasteiger partial charge in [0.2, 0.25) is 0 Å². The quantitative estimate of drug-likeness (QED) is 0.854. The van der Waals surface area contributed by atoms with Crippen molar-refractivity contribution in [2.75, 3.05) is 20.3 Å². The van der Waals surface area contributed by atoms with E-state index in [0.29, 0.717) is 25.4 Å². The van der Waals surface area contributed by atoms with Crippen LogP contribution in [-0.2, 0) is 18.3 Å². The van der Waals surface area contributed by atoms with E-state index in [4.69, 9.17) is 4.74 Å². The number of fused-ring (bicyclic) bond motifs is 1. The van der Waals surface area contributed by atoms with Gasteiger partial charge >= 0.3 is 0 Å². The first kappa shape index (κ1) is 13.3. The number of aromatic nitrogens is 3. The first-order chi connectivity index (χ1) is 9.69. The number of nitrogens with zero attached hydrogens (tertiary/aromatic N) is 4. The fourth-order valence-electron chi connectivity index (χ4n) is 2.61. The molecule has 1 aliphatic heterocycles. The van der Waals surface area contributed by atoms with E-state index in [9.17, 15) is 4.79 Å². The van der Waals surface area contributed by atoms with Crippen molar-refractivity contribution in [1.29, 1.82) is 0 Å². The summed E-state index contributed by atoms with van der Waals surface area (Å²) in [4.78, 5) is 18.4. The largest absolute Gasteiger partial charge is 0.384 e. The molecule has 20 heavy (non-hydrogen) atoms. The van der Waals surface area contributed by atoms with Gasteiger partial charge in [0.1, 0.15) is 5.69 Å². The fourth-order valence-corrected chi connectivity index (χ4v) is 3.14. The summed E-state index contributed by atoms with van der Waals surface area (Å²) < 4.78 is 7.06. The normalized spacial score (nSPS) is 18.1. The van der Waals surface area contributed by atoms with Crippen LogP contribution in [0.25, 0.3) is 0 Å². The van der Waals surface area contributed by atoms with Crippen molar-refractivity contribution in [3.63, 3.8) is 0 Å². The van der Waals surface area contributed by atoms with E-state index in [-0.39, 0.29) is 11.8 Å². The highest BCUT2D eigenvalue weighted by atomic mass is 32.1. The van der Waals surface area contributed by atoms with Crippen LogP contribution in [0, 0.1) is 0 Å². The van der Waals surface area contributed by atoms with E-state index < -0.39 is 0 Å². The van der Waals surface area contributed by atoms with E-state index in [1.807, 2.05) is 18.1 Å². The van der Waals surface area contributed by atoms with Gasteiger partial charge in [-0.1, -0.05) is 0 Å². The van der Waals surface area contributed by atoms with Gasteiger partial charge in [-0.05, 0) is 0 Å². The van der Waals surface area contributed by atoms with Crippen LogP contribution in [0.2, 0.25) is 0 Å². The van der Waals surface area contributed by atoms with Gasteiger partial charge in [-0.15, -0.1) is 11.3 Å². The van der Waals surface area contributed by atoms with Crippen molar-refractivity contribution in [2.45, 2.75) is 12.5 Å². The van der Waals surface area contributed by atoms with Crippen molar-refractivity contribution < 1.29 is 9.53 Å². The Morgan fingerprint density at radius 3 is 3.15 bits per heavy atom. The summed E-state index contributed by atoms with van der Waals surface area (Å²) >= 11 is 1.43. The van der Waals surface area contributed by atoms with Crippen LogP contribution < -0.4 is 0 Å². The minimum Gasteiger partial charge on any atom is -0.384 e. The van der Waals surface area contributed by atoms with Crippen LogP contribution in [0.4, 0.5) is 0 Å². The molecule has 6 nitrogen and oxygen atoms in total. The summed E-state index contributed by atoms with van der Waals surface area (Å²) in [6.07, 6.45) is 1.97. The topological polar surface area (TPSA) is 60.2 Å². The molecule has 1 atom stereocenters. The van der Waals surface area contributed by atoms with E-state index in [2.05, 4.69) is 10.1 Å². The average molecular weight is 292 g/mol. The molecule has 1 amide bonds. The number of hydrogen-bond acceptors (Lipinski definition) is 5. The molecule has 3 rings (SSSR count). The maximum atomic E-state index is 12.4. The molecule has 1 unspecified atom stereocenters. The fraction of sp³-hybridized carbons (Fsp3) is 0.462. The Balaban J connectivity index is 1.87. The van der Waals surface area contributed by atoms with Gasteiger partial charge < -0.3 is 9.64 Å². The second-order valence-corrected chi connectivity index (χ2v) is 5.64. The van der Waals surface area contributed by atoms with Gasteiger partial charge in [-0.25, -0.2) is 4.98 Å². The molecule has 1 aliphatic rings. The molecule has 0 aliphatic carbocycles. The highest BCUT2D eigenvalue weighted by molar-refractivity contribution is 7.07. The maximum Gasteiger partial charge on any atom is 0.273 e. The SMILES string of the molecule is COCC1CN(C(=O)c2cscn2)Cc2cn(C)nc21. The number of amides is 1. The van der Waals surface area contributed by atoms with Crippen LogP contribution in [0.15, 0.2) is 17.1 Å². The lowest BCUT2D eigenvalue weighted by Crippen LogP contribution is -2.39. The van der Waals surface area contributed by atoms with Gasteiger partial charge in [0.15, 0.2) is 0 Å². The zero-order valence-corrected chi connectivity index (χ0v) is 12.3. The third-order valence-electron chi connectivity index (χ3n) is 3.43. The first-order valence-electron chi connectivity index (χ1n) is 6.38. The van der Waals surface area contributed by atoms with Crippen molar-refractivity contribution in [3.8, 4) is 0 Å². The lowest BCUT2D eigenvalue weighted by Gasteiger charge is -2.31. The van der Waals surface area contributed by atoms with Gasteiger partial charge in [0.05, 0.1) is 17.8 Å². The van der Waals surface area contributed by atoms with E-state index in [1.165, 1.54) is 11.3 Å². The lowest BCUT2D eigenvalue weighted by molar-refractivity contribution is 0.0673. The molecule has 0 bridgehead atoms. The zero-order chi connectivity index (χ0) is 14.1. The summed E-state index contributed by atoms with van der Waals surface area (Å²) in [5.41, 5.74) is 4.32. The van der Waals surface area contributed by atoms with Crippen LogP contribution in [0.1, 0.15) is 27.7 Å². The minimum absolute atomic E-state index is 0.0261. The van der Waals surface area contributed by atoms with E-state index in [1.54, 1.807) is 22.7 Å². The van der Waals surface area contributed by atoms with Crippen LogP contribution in [0.5, 0.6) is 0 Å². The monoisotopic (exact) mass is 292 g/mol. The number of methoxy groups -OCH3 is 1. The number of carbonyl (C=O) groups is 1. The molecule has 0 saturated carbocycles. The number of rotatable bonds is 3. The van der Waals surface area contributed by atoms with Crippen molar-refractivity contribution >= 4 is 17.2 Å². The molecule has 106 valence electrons. The molecule has 7 heteroatoms. The Morgan fingerprint density at radius 1 is 1.60 bits per heavy atom. The van der Waals surface area contributed by atoms with Crippen molar-refractivity contribution in [2.24, 2.45) is 7.05 Å². The van der Waals surface area contributed by atoms with Crippen LogP contribution in [-0.4, -0.2) is 45.8 Å². The predicted octanol–water partition coefficient (Wildman–Crippen LogP) is 1.26. The number of aryl methyl sites for hydroxylation is 1. The summed E-state index contributed by atoms with van der Waals surface area (Å²) in [6, 6.07) is 0. The molecule has 0 saturated heterocycles. The molecule has 0 fully saturated rings. The first-order valence-corrected chi connectivity index (χ1v) is 7.32. The molecule has 3 heterocycles. The minimum atomic E-state index is -0.0261. The van der Waals surface area contributed by atoms with Gasteiger partial charge in [-0.2, -0.15) is 5.10 Å². The Morgan fingerprint density at radius 2 is 2.45 bits per heavy atom. The predicted molar refractivity (Wildman–Crippen MR) is 74.7 cm³/mol. The number of hydrogen-bond donors (Lipinski definition) is 0. The molecular formula is C13H16N4O2S. The van der Waals surface area contributed by atoms with Crippen molar-refractivity contribution in [3.05, 3.63) is 34.0 Å². The molecule has 2 aromatic heterocycles. The van der Waals surface area contributed by atoms with Crippen molar-refractivity contribution in [1.82, 2.24) is 19.7 Å². The third kappa shape index (κ3) is 2.34. The maximum absolute atomic E-state index is 12.4. The van der Waals surface area contributed by atoms with E-state index in [0.717, 1.165) is 11.3 Å². The average Bonchev–Trinajstić information content (AvgIpc) is 3.06. The second-order valence-electron chi connectivity index (χ2n) is 4.92. The zero-order valence-electron chi connectivity index (χ0n) is 11.4. The van der Waals surface area contributed by atoms with E-state index >= 15 is 0 Å². The van der Waals surface area contributed by atoms with Gasteiger partial charge in [0, 0.05) is 50.3 Å². The Kier molecular flexibility index (Phi) is 3.54. The molecule has 0 aromatic carbocycles. The smallest absolute Gasteiger partial charge is 0.273 e. The molecule has 2 aromatic rings. The summed E-state index contributed by atoms with van der Waals surface area (Å²) in [7, 11) is 3.57. The summed E-state index contributed by atoms with van der Waals surface area (Å²) in [6.45, 7) is 1.76. The summed E-state index contributed by atoms with van der Waals surface area (Å²) in [5, 5.41) is 6.28. The van der Waals surface area contributed by atoms with Gasteiger partial charge in [0.25, 0.3) is 5.91 Å². The standard InChI is InChI=1S/C13H16N4O2S/c1-16-3-9-4-17(13(18)11-7-20-8-14-11)5-10(6-19-2)12(9)15-16/h3,7-8,10H,4-6H2,1-2H3. The highest BCUT2D eigenvalue weighted by Gasteiger charge is 2.31. The molecule has 0 spiro atoms.